The van der Waals surface area contributed by atoms with Gasteiger partial charge >= 0.3 is 0 Å². The number of hydrogen-bond acceptors (Lipinski definition) is 3. The van der Waals surface area contributed by atoms with Crippen LogP contribution in [0, 0.1) is 5.41 Å². The van der Waals surface area contributed by atoms with Gasteiger partial charge in [-0.05, 0) is 56.4 Å². The van der Waals surface area contributed by atoms with Crippen molar-refractivity contribution in [2.45, 2.75) is 51.5 Å². The summed E-state index contributed by atoms with van der Waals surface area (Å²) in [5.41, 5.74) is 6.99. The number of nitrogens with two attached hydrogens (primary N) is 1. The van der Waals surface area contributed by atoms with E-state index in [-0.39, 0.29) is 0 Å². The van der Waals surface area contributed by atoms with Crippen molar-refractivity contribution in [1.29, 1.82) is 0 Å². The molecule has 17 heavy (non-hydrogen) atoms. The highest BCUT2D eigenvalue weighted by atomic mass is 32.2. The van der Waals surface area contributed by atoms with E-state index in [4.69, 9.17) is 5.73 Å². The predicted octanol–water partition coefficient (Wildman–Crippen LogP) is 2.72. The number of rotatable bonds is 2. The van der Waals surface area contributed by atoms with Crippen LogP contribution < -0.4 is 5.73 Å². The van der Waals surface area contributed by atoms with Gasteiger partial charge in [-0.1, -0.05) is 13.8 Å². The molecule has 0 aromatic heterocycles. The Kier molecular flexibility index (Phi) is 4.43. The van der Waals surface area contributed by atoms with Crippen LogP contribution in [0.3, 0.4) is 0 Å². The Morgan fingerprint density at radius 3 is 2.59 bits per heavy atom. The molecule has 0 saturated carbocycles. The van der Waals surface area contributed by atoms with E-state index in [0.717, 1.165) is 6.54 Å². The van der Waals surface area contributed by atoms with Crippen LogP contribution >= 0.6 is 11.8 Å². The first-order valence-corrected chi connectivity index (χ1v) is 8.26. The summed E-state index contributed by atoms with van der Waals surface area (Å²) < 4.78 is 0. The Balaban J connectivity index is 2.04. The average Bonchev–Trinajstić information content (AvgIpc) is 2.51. The van der Waals surface area contributed by atoms with Crippen LogP contribution in [0.4, 0.5) is 0 Å². The molecule has 2 aliphatic rings. The molecular formula is C14H28N2S. The standard InChI is InChI=1S/C14H28N2S/c1-13(2)5-3-8-16(9-7-13)14(11-15)6-4-10-17-12-14/h3-12,15H2,1-2H3. The van der Waals surface area contributed by atoms with E-state index in [1.807, 2.05) is 0 Å². The molecule has 0 spiro atoms. The zero-order valence-corrected chi connectivity index (χ0v) is 12.3. The molecule has 2 nitrogen and oxygen atoms in total. The van der Waals surface area contributed by atoms with Gasteiger partial charge in [-0.15, -0.1) is 0 Å². The topological polar surface area (TPSA) is 29.3 Å². The second-order valence-corrected chi connectivity index (χ2v) is 7.69. The van der Waals surface area contributed by atoms with Gasteiger partial charge in [-0.2, -0.15) is 11.8 Å². The van der Waals surface area contributed by atoms with Crippen molar-refractivity contribution < 1.29 is 0 Å². The van der Waals surface area contributed by atoms with Crippen LogP contribution in [-0.2, 0) is 0 Å². The summed E-state index contributed by atoms with van der Waals surface area (Å²) in [7, 11) is 0. The number of nitrogens with zero attached hydrogens (tertiary/aromatic N) is 1. The Morgan fingerprint density at radius 2 is 1.94 bits per heavy atom. The van der Waals surface area contributed by atoms with Crippen molar-refractivity contribution in [2.24, 2.45) is 11.1 Å². The van der Waals surface area contributed by atoms with E-state index >= 15 is 0 Å². The molecule has 100 valence electrons. The molecule has 2 heterocycles. The second-order valence-electron chi connectivity index (χ2n) is 6.59. The van der Waals surface area contributed by atoms with Gasteiger partial charge in [0.25, 0.3) is 0 Å². The van der Waals surface area contributed by atoms with Crippen molar-refractivity contribution in [2.75, 3.05) is 31.1 Å². The molecule has 0 aliphatic carbocycles. The Bertz CT molecular complexity index is 247. The molecule has 1 atom stereocenters. The molecule has 2 saturated heterocycles. The number of hydrogen-bond donors (Lipinski definition) is 1. The van der Waals surface area contributed by atoms with Crippen LogP contribution in [0.1, 0.15) is 46.0 Å². The van der Waals surface area contributed by atoms with Gasteiger partial charge in [0.2, 0.25) is 0 Å². The largest absolute Gasteiger partial charge is 0.329 e. The fourth-order valence-electron chi connectivity index (χ4n) is 3.27. The predicted molar refractivity (Wildman–Crippen MR) is 77.5 cm³/mol. The molecule has 0 bridgehead atoms. The Labute approximate surface area is 111 Å². The number of thioether (sulfide) groups is 1. The zero-order chi connectivity index (χ0) is 12.4. The summed E-state index contributed by atoms with van der Waals surface area (Å²) in [5.74, 6) is 2.59. The Morgan fingerprint density at radius 1 is 1.12 bits per heavy atom. The van der Waals surface area contributed by atoms with Crippen molar-refractivity contribution in [1.82, 2.24) is 4.90 Å². The summed E-state index contributed by atoms with van der Waals surface area (Å²) in [6.45, 7) is 8.20. The maximum atomic E-state index is 6.13. The van der Waals surface area contributed by atoms with Crippen molar-refractivity contribution in [3.8, 4) is 0 Å². The monoisotopic (exact) mass is 256 g/mol. The number of likely N-dealkylation sites (tertiary alicyclic amines) is 1. The summed E-state index contributed by atoms with van der Waals surface area (Å²) in [6.07, 6.45) is 6.72. The third-order valence-corrected chi connectivity index (χ3v) is 6.01. The molecule has 2 aliphatic heterocycles. The molecule has 0 aromatic rings. The average molecular weight is 256 g/mol. The maximum absolute atomic E-state index is 6.13. The third-order valence-electron chi connectivity index (χ3n) is 4.69. The molecule has 0 radical (unpaired) electrons. The lowest BCUT2D eigenvalue weighted by Crippen LogP contribution is -2.57. The van der Waals surface area contributed by atoms with E-state index < -0.39 is 0 Å². The third kappa shape index (κ3) is 3.18. The quantitative estimate of drug-likeness (QED) is 0.824. The van der Waals surface area contributed by atoms with Gasteiger partial charge < -0.3 is 5.73 Å². The molecule has 3 heteroatoms. The van der Waals surface area contributed by atoms with E-state index in [1.54, 1.807) is 0 Å². The lowest BCUT2D eigenvalue weighted by Gasteiger charge is -2.45. The van der Waals surface area contributed by atoms with Gasteiger partial charge in [0, 0.05) is 17.8 Å². The lowest BCUT2D eigenvalue weighted by atomic mass is 9.85. The summed E-state index contributed by atoms with van der Waals surface area (Å²) >= 11 is 2.11. The fraction of sp³-hybridized carbons (Fsp3) is 1.00. The van der Waals surface area contributed by atoms with Gasteiger partial charge in [0.15, 0.2) is 0 Å². The summed E-state index contributed by atoms with van der Waals surface area (Å²) in [4.78, 5) is 2.73. The molecule has 2 rings (SSSR count). The first kappa shape index (κ1) is 13.7. The van der Waals surface area contributed by atoms with Crippen LogP contribution in [-0.4, -0.2) is 41.6 Å². The molecule has 2 N–H and O–H groups in total. The fourth-order valence-corrected chi connectivity index (χ4v) is 4.59. The first-order valence-electron chi connectivity index (χ1n) is 7.11. The van der Waals surface area contributed by atoms with Gasteiger partial charge in [-0.3, -0.25) is 4.90 Å². The van der Waals surface area contributed by atoms with Crippen LogP contribution in [0.2, 0.25) is 0 Å². The van der Waals surface area contributed by atoms with Crippen LogP contribution in [0.25, 0.3) is 0 Å². The second kappa shape index (κ2) is 5.50. The first-order chi connectivity index (χ1) is 8.08. The highest BCUT2D eigenvalue weighted by molar-refractivity contribution is 7.99. The van der Waals surface area contributed by atoms with Crippen molar-refractivity contribution in [3.63, 3.8) is 0 Å². The van der Waals surface area contributed by atoms with Crippen molar-refractivity contribution in [3.05, 3.63) is 0 Å². The van der Waals surface area contributed by atoms with E-state index in [0.29, 0.717) is 11.0 Å². The van der Waals surface area contributed by atoms with Crippen molar-refractivity contribution >= 4 is 11.8 Å². The van der Waals surface area contributed by atoms with Gasteiger partial charge in [0.05, 0.1) is 0 Å². The maximum Gasteiger partial charge on any atom is 0.0422 e. The molecule has 2 fully saturated rings. The highest BCUT2D eigenvalue weighted by Crippen LogP contribution is 2.36. The van der Waals surface area contributed by atoms with Crippen LogP contribution in [0.5, 0.6) is 0 Å². The minimum atomic E-state index is 0.323. The van der Waals surface area contributed by atoms with E-state index in [2.05, 4.69) is 30.5 Å². The van der Waals surface area contributed by atoms with Crippen LogP contribution in [0.15, 0.2) is 0 Å². The molecule has 0 aromatic carbocycles. The Hall–Kier alpha value is 0.270. The van der Waals surface area contributed by atoms with E-state index in [1.165, 1.54) is 56.7 Å². The molecule has 1 unspecified atom stereocenters. The van der Waals surface area contributed by atoms with E-state index in [9.17, 15) is 0 Å². The molecular weight excluding hydrogens is 228 g/mol. The zero-order valence-electron chi connectivity index (χ0n) is 11.5. The smallest absolute Gasteiger partial charge is 0.0422 e. The minimum absolute atomic E-state index is 0.323. The molecule has 0 amide bonds. The highest BCUT2D eigenvalue weighted by Gasteiger charge is 2.38. The summed E-state index contributed by atoms with van der Waals surface area (Å²) in [6, 6.07) is 0. The minimum Gasteiger partial charge on any atom is -0.329 e. The summed E-state index contributed by atoms with van der Waals surface area (Å²) in [5, 5.41) is 0. The van der Waals surface area contributed by atoms with Gasteiger partial charge in [-0.25, -0.2) is 0 Å². The normalized spacial score (nSPS) is 35.5. The van der Waals surface area contributed by atoms with Gasteiger partial charge in [0.1, 0.15) is 0 Å². The SMILES string of the molecule is CC1(C)CCCN(C2(CN)CCCSC2)CC1. The lowest BCUT2D eigenvalue weighted by molar-refractivity contribution is 0.103.